The van der Waals surface area contributed by atoms with Gasteiger partial charge in [0.1, 0.15) is 11.4 Å². The lowest BCUT2D eigenvalue weighted by molar-refractivity contribution is 0.102. The Bertz CT molecular complexity index is 617. The van der Waals surface area contributed by atoms with Gasteiger partial charge in [-0.05, 0) is 30.3 Å². The van der Waals surface area contributed by atoms with Crippen molar-refractivity contribution >= 4 is 17.3 Å². The number of anilines is 2. The monoisotopic (exact) mass is 261 g/mol. The number of methoxy groups -OCH3 is 1. The predicted molar refractivity (Wildman–Crippen MR) is 69.6 cm³/mol. The average molecular weight is 261 g/mol. The van der Waals surface area contributed by atoms with Crippen LogP contribution < -0.4 is 15.8 Å². The Morgan fingerprint density at radius 1 is 1.42 bits per heavy atom. The van der Waals surface area contributed by atoms with Gasteiger partial charge in [0.25, 0.3) is 5.91 Å². The van der Waals surface area contributed by atoms with Crippen LogP contribution in [0.3, 0.4) is 0 Å². The van der Waals surface area contributed by atoms with E-state index in [1.165, 1.54) is 25.4 Å². The van der Waals surface area contributed by atoms with Crippen LogP contribution in [0.1, 0.15) is 10.4 Å². The van der Waals surface area contributed by atoms with E-state index in [1.807, 2.05) is 0 Å². The minimum Gasteiger partial charge on any atom is -0.480 e. The highest BCUT2D eigenvalue weighted by atomic mass is 19.1. The van der Waals surface area contributed by atoms with Crippen molar-refractivity contribution in [1.82, 2.24) is 4.98 Å². The second-order valence-corrected chi connectivity index (χ2v) is 3.75. The van der Waals surface area contributed by atoms with Crippen LogP contribution in [0.15, 0.2) is 36.5 Å². The molecule has 0 atom stereocenters. The highest BCUT2D eigenvalue weighted by molar-refractivity contribution is 6.07. The van der Waals surface area contributed by atoms with Gasteiger partial charge in [0.05, 0.1) is 18.5 Å². The third-order valence-electron chi connectivity index (χ3n) is 2.47. The molecule has 1 amide bonds. The average Bonchev–Trinajstić information content (AvgIpc) is 2.41. The highest BCUT2D eigenvalue weighted by Gasteiger charge is 2.14. The third kappa shape index (κ3) is 2.79. The van der Waals surface area contributed by atoms with E-state index >= 15 is 0 Å². The first-order valence-corrected chi connectivity index (χ1v) is 5.47. The van der Waals surface area contributed by atoms with E-state index < -0.39 is 11.7 Å². The van der Waals surface area contributed by atoms with Gasteiger partial charge < -0.3 is 15.8 Å². The Hall–Kier alpha value is -2.63. The third-order valence-corrected chi connectivity index (χ3v) is 2.47. The lowest BCUT2D eigenvalue weighted by Gasteiger charge is -2.10. The summed E-state index contributed by atoms with van der Waals surface area (Å²) in [6.45, 7) is 0. The van der Waals surface area contributed by atoms with Crippen LogP contribution in [0.25, 0.3) is 0 Å². The summed E-state index contributed by atoms with van der Waals surface area (Å²) in [5, 5.41) is 2.58. The topological polar surface area (TPSA) is 77.2 Å². The van der Waals surface area contributed by atoms with Gasteiger partial charge in [-0.2, -0.15) is 0 Å². The molecule has 0 fully saturated rings. The Morgan fingerprint density at radius 3 is 2.89 bits per heavy atom. The Morgan fingerprint density at radius 2 is 2.21 bits per heavy atom. The number of rotatable bonds is 3. The van der Waals surface area contributed by atoms with Crippen molar-refractivity contribution in [2.24, 2.45) is 0 Å². The fraction of sp³-hybridized carbons (Fsp3) is 0.0769. The molecule has 0 saturated heterocycles. The molecule has 0 aliphatic heterocycles. The number of nitrogens with zero attached hydrogens (tertiary/aromatic N) is 1. The zero-order valence-corrected chi connectivity index (χ0v) is 10.2. The second kappa shape index (κ2) is 5.34. The minimum absolute atomic E-state index is 0.149. The molecule has 0 spiro atoms. The van der Waals surface area contributed by atoms with Gasteiger partial charge in [0.15, 0.2) is 0 Å². The molecule has 0 unspecified atom stereocenters. The van der Waals surface area contributed by atoms with Crippen molar-refractivity contribution in [2.75, 3.05) is 18.2 Å². The van der Waals surface area contributed by atoms with E-state index in [0.717, 1.165) is 6.07 Å². The van der Waals surface area contributed by atoms with Crippen LogP contribution in [0.5, 0.6) is 5.88 Å². The van der Waals surface area contributed by atoms with Crippen molar-refractivity contribution in [2.45, 2.75) is 0 Å². The first-order valence-electron chi connectivity index (χ1n) is 5.47. The second-order valence-electron chi connectivity index (χ2n) is 3.75. The van der Waals surface area contributed by atoms with Gasteiger partial charge in [-0.1, -0.05) is 0 Å². The molecule has 98 valence electrons. The number of carbonyl (C=O) groups is 1. The van der Waals surface area contributed by atoms with E-state index in [9.17, 15) is 9.18 Å². The summed E-state index contributed by atoms with van der Waals surface area (Å²) >= 11 is 0. The predicted octanol–water partition coefficient (Wildman–Crippen LogP) is 2.06. The van der Waals surface area contributed by atoms with Crippen molar-refractivity contribution in [3.05, 3.63) is 47.9 Å². The Kier molecular flexibility index (Phi) is 3.61. The fourth-order valence-corrected chi connectivity index (χ4v) is 1.56. The Labute approximate surface area is 109 Å². The minimum atomic E-state index is -0.463. The van der Waals surface area contributed by atoms with E-state index in [1.54, 1.807) is 12.1 Å². The number of nitrogen functional groups attached to an aromatic ring is 1. The number of nitrogens with two attached hydrogens (primary N) is 1. The molecule has 0 aliphatic carbocycles. The smallest absolute Gasteiger partial charge is 0.261 e. The molecular formula is C13H12FN3O2. The SMILES string of the molecule is COc1ncccc1C(=O)Nc1ccc(F)cc1N. The van der Waals surface area contributed by atoms with Crippen LogP contribution in [0.2, 0.25) is 0 Å². The number of nitrogens with one attached hydrogen (secondary N) is 1. The number of carbonyl (C=O) groups excluding carboxylic acids is 1. The molecule has 0 aliphatic rings. The van der Waals surface area contributed by atoms with Crippen molar-refractivity contribution in [3.8, 4) is 5.88 Å². The van der Waals surface area contributed by atoms with Gasteiger partial charge in [-0.3, -0.25) is 4.79 Å². The maximum absolute atomic E-state index is 12.9. The number of benzene rings is 1. The lowest BCUT2D eigenvalue weighted by Crippen LogP contribution is -2.14. The van der Waals surface area contributed by atoms with E-state index in [-0.39, 0.29) is 17.1 Å². The lowest BCUT2D eigenvalue weighted by atomic mass is 10.2. The van der Waals surface area contributed by atoms with E-state index in [4.69, 9.17) is 10.5 Å². The molecular weight excluding hydrogens is 249 g/mol. The summed E-state index contributed by atoms with van der Waals surface area (Å²) in [7, 11) is 1.42. The number of ether oxygens (including phenoxy) is 1. The van der Waals surface area contributed by atoms with Gasteiger partial charge in [0.2, 0.25) is 5.88 Å². The standard InChI is InChI=1S/C13H12FN3O2/c1-19-13-9(3-2-6-16-13)12(18)17-11-5-4-8(14)7-10(11)15/h2-7H,15H2,1H3,(H,17,18). The summed E-state index contributed by atoms with van der Waals surface area (Å²) < 4.78 is 17.9. The van der Waals surface area contributed by atoms with E-state index in [2.05, 4.69) is 10.3 Å². The van der Waals surface area contributed by atoms with Crippen LogP contribution in [-0.4, -0.2) is 18.0 Å². The molecule has 2 rings (SSSR count). The Balaban J connectivity index is 2.26. The molecule has 1 heterocycles. The van der Waals surface area contributed by atoms with Gasteiger partial charge in [0, 0.05) is 6.20 Å². The number of halogens is 1. The van der Waals surface area contributed by atoms with Crippen LogP contribution >= 0.6 is 0 Å². The molecule has 0 radical (unpaired) electrons. The van der Waals surface area contributed by atoms with Crippen LogP contribution in [0, 0.1) is 5.82 Å². The molecule has 1 aromatic heterocycles. The van der Waals surface area contributed by atoms with Crippen LogP contribution in [0.4, 0.5) is 15.8 Å². The molecule has 3 N–H and O–H groups in total. The summed E-state index contributed by atoms with van der Waals surface area (Å²) in [4.78, 5) is 16.0. The molecule has 19 heavy (non-hydrogen) atoms. The molecule has 0 saturated carbocycles. The van der Waals surface area contributed by atoms with Crippen LogP contribution in [-0.2, 0) is 0 Å². The number of hydrogen-bond donors (Lipinski definition) is 2. The maximum Gasteiger partial charge on any atom is 0.261 e. The molecule has 1 aromatic carbocycles. The largest absolute Gasteiger partial charge is 0.480 e. The summed E-state index contributed by atoms with van der Waals surface area (Å²) in [6.07, 6.45) is 1.52. The summed E-state index contributed by atoms with van der Waals surface area (Å²) in [6, 6.07) is 6.93. The quantitative estimate of drug-likeness (QED) is 0.829. The molecule has 6 heteroatoms. The van der Waals surface area contributed by atoms with Gasteiger partial charge in [-0.15, -0.1) is 0 Å². The zero-order valence-electron chi connectivity index (χ0n) is 10.2. The summed E-state index contributed by atoms with van der Waals surface area (Å²) in [5.74, 6) is -0.682. The number of amides is 1. The molecule has 5 nitrogen and oxygen atoms in total. The first-order chi connectivity index (χ1) is 9.11. The van der Waals surface area contributed by atoms with E-state index in [0.29, 0.717) is 5.69 Å². The van der Waals surface area contributed by atoms with Crippen molar-refractivity contribution < 1.29 is 13.9 Å². The normalized spacial score (nSPS) is 10.0. The number of hydrogen-bond acceptors (Lipinski definition) is 4. The summed E-state index contributed by atoms with van der Waals surface area (Å²) in [5.41, 5.74) is 6.37. The van der Waals surface area contributed by atoms with Gasteiger partial charge >= 0.3 is 0 Å². The molecule has 0 bridgehead atoms. The maximum atomic E-state index is 12.9. The highest BCUT2D eigenvalue weighted by Crippen LogP contribution is 2.21. The number of aromatic nitrogens is 1. The molecule has 2 aromatic rings. The zero-order chi connectivity index (χ0) is 13.8. The van der Waals surface area contributed by atoms with Gasteiger partial charge in [-0.25, -0.2) is 9.37 Å². The van der Waals surface area contributed by atoms with Crippen molar-refractivity contribution in [3.63, 3.8) is 0 Å². The van der Waals surface area contributed by atoms with Crippen molar-refractivity contribution in [1.29, 1.82) is 0 Å². The number of pyridine rings is 1. The fourth-order valence-electron chi connectivity index (χ4n) is 1.56. The first kappa shape index (κ1) is 12.8.